The minimum Gasteiger partial charge on any atom is -0.382 e. The Morgan fingerprint density at radius 2 is 2.09 bits per heavy atom. The number of carbonyl (C=O) groups is 1. The number of rotatable bonds is 7. The standard InChI is InChI=1S/C16H21N3O4/c1-3-19-13-7-6-11(10-12(13)18-15(21)16(19)22)14(20)17-8-5-9-23-4-2/h6-7,10H,3-5,8-9H2,1-2H3,(H,17,20)(H,18,21). The smallest absolute Gasteiger partial charge is 0.316 e. The van der Waals surface area contributed by atoms with Gasteiger partial charge in [0.2, 0.25) is 0 Å². The third kappa shape index (κ3) is 3.87. The summed E-state index contributed by atoms with van der Waals surface area (Å²) >= 11 is 0. The number of benzene rings is 1. The van der Waals surface area contributed by atoms with Gasteiger partial charge < -0.3 is 19.6 Å². The van der Waals surface area contributed by atoms with Crippen molar-refractivity contribution in [1.29, 1.82) is 0 Å². The van der Waals surface area contributed by atoms with Crippen molar-refractivity contribution in [3.63, 3.8) is 0 Å². The second kappa shape index (κ2) is 7.73. The van der Waals surface area contributed by atoms with E-state index in [2.05, 4.69) is 10.3 Å². The molecule has 0 aliphatic heterocycles. The topological polar surface area (TPSA) is 93.2 Å². The lowest BCUT2D eigenvalue weighted by molar-refractivity contribution is 0.0944. The van der Waals surface area contributed by atoms with E-state index in [-0.39, 0.29) is 5.91 Å². The van der Waals surface area contributed by atoms with E-state index >= 15 is 0 Å². The monoisotopic (exact) mass is 319 g/mol. The van der Waals surface area contributed by atoms with Crippen LogP contribution in [0.5, 0.6) is 0 Å². The van der Waals surface area contributed by atoms with Crippen LogP contribution < -0.4 is 16.4 Å². The first-order valence-corrected chi connectivity index (χ1v) is 7.71. The molecule has 1 heterocycles. The van der Waals surface area contributed by atoms with Crippen LogP contribution in [-0.2, 0) is 11.3 Å². The largest absolute Gasteiger partial charge is 0.382 e. The van der Waals surface area contributed by atoms with Gasteiger partial charge in [0, 0.05) is 31.9 Å². The highest BCUT2D eigenvalue weighted by Gasteiger charge is 2.10. The van der Waals surface area contributed by atoms with Crippen LogP contribution in [0.2, 0.25) is 0 Å². The molecule has 0 spiro atoms. The summed E-state index contributed by atoms with van der Waals surface area (Å²) < 4.78 is 6.59. The molecular formula is C16H21N3O4. The number of nitrogens with zero attached hydrogens (tertiary/aromatic N) is 1. The van der Waals surface area contributed by atoms with E-state index in [0.29, 0.717) is 42.9 Å². The Bertz CT molecular complexity index is 807. The molecule has 124 valence electrons. The van der Waals surface area contributed by atoms with Crippen LogP contribution in [0.3, 0.4) is 0 Å². The summed E-state index contributed by atoms with van der Waals surface area (Å²) in [5.74, 6) is -0.224. The van der Waals surface area contributed by atoms with Crippen molar-refractivity contribution in [1.82, 2.24) is 14.9 Å². The van der Waals surface area contributed by atoms with Crippen LogP contribution >= 0.6 is 0 Å². The van der Waals surface area contributed by atoms with Gasteiger partial charge in [-0.1, -0.05) is 0 Å². The summed E-state index contributed by atoms with van der Waals surface area (Å²) in [6, 6.07) is 4.90. The van der Waals surface area contributed by atoms with Crippen molar-refractivity contribution < 1.29 is 9.53 Å². The second-order valence-electron chi connectivity index (χ2n) is 5.04. The number of aromatic nitrogens is 2. The first-order valence-electron chi connectivity index (χ1n) is 7.71. The molecule has 1 amide bonds. The number of nitrogens with one attached hydrogen (secondary N) is 2. The minimum absolute atomic E-state index is 0.224. The fraction of sp³-hybridized carbons (Fsp3) is 0.438. The van der Waals surface area contributed by atoms with Crippen LogP contribution in [0.25, 0.3) is 11.0 Å². The molecule has 1 aromatic heterocycles. The quantitative estimate of drug-likeness (QED) is 0.585. The number of H-pyrrole nitrogens is 1. The third-order valence-corrected chi connectivity index (χ3v) is 3.51. The highest BCUT2D eigenvalue weighted by molar-refractivity contribution is 5.97. The summed E-state index contributed by atoms with van der Waals surface area (Å²) in [6.07, 6.45) is 0.735. The van der Waals surface area contributed by atoms with Crippen molar-refractivity contribution in [2.45, 2.75) is 26.8 Å². The molecule has 7 heteroatoms. The van der Waals surface area contributed by atoms with Crippen molar-refractivity contribution in [3.05, 3.63) is 44.5 Å². The summed E-state index contributed by atoms with van der Waals surface area (Å²) in [7, 11) is 0. The molecule has 7 nitrogen and oxygen atoms in total. The van der Waals surface area contributed by atoms with Crippen LogP contribution in [0, 0.1) is 0 Å². The van der Waals surface area contributed by atoms with Gasteiger partial charge in [-0.2, -0.15) is 0 Å². The molecule has 0 radical (unpaired) electrons. The van der Waals surface area contributed by atoms with Crippen molar-refractivity contribution in [2.24, 2.45) is 0 Å². The van der Waals surface area contributed by atoms with Gasteiger partial charge in [0.25, 0.3) is 5.91 Å². The van der Waals surface area contributed by atoms with Gasteiger partial charge in [-0.05, 0) is 38.5 Å². The Labute approximate surface area is 133 Å². The number of hydrogen-bond acceptors (Lipinski definition) is 4. The predicted octanol–water partition coefficient (Wildman–Crippen LogP) is 0.866. The average Bonchev–Trinajstić information content (AvgIpc) is 2.55. The molecular weight excluding hydrogens is 298 g/mol. The van der Waals surface area contributed by atoms with E-state index in [0.717, 1.165) is 6.42 Å². The Hall–Kier alpha value is -2.41. The number of ether oxygens (including phenoxy) is 1. The highest BCUT2D eigenvalue weighted by atomic mass is 16.5. The fourth-order valence-corrected chi connectivity index (χ4v) is 2.36. The maximum absolute atomic E-state index is 12.1. The molecule has 0 atom stereocenters. The van der Waals surface area contributed by atoms with Gasteiger partial charge in [-0.15, -0.1) is 0 Å². The molecule has 2 N–H and O–H groups in total. The van der Waals surface area contributed by atoms with Crippen LogP contribution in [0.4, 0.5) is 0 Å². The zero-order valence-corrected chi connectivity index (χ0v) is 13.3. The molecule has 2 aromatic rings. The van der Waals surface area contributed by atoms with Crippen LogP contribution in [0.1, 0.15) is 30.6 Å². The third-order valence-electron chi connectivity index (χ3n) is 3.51. The summed E-state index contributed by atoms with van der Waals surface area (Å²) in [5, 5.41) is 2.80. The lowest BCUT2D eigenvalue weighted by Gasteiger charge is -2.09. The molecule has 0 aliphatic carbocycles. The molecule has 0 fully saturated rings. The first-order chi connectivity index (χ1) is 11.1. The number of hydrogen-bond donors (Lipinski definition) is 2. The number of aromatic amines is 1. The number of aryl methyl sites for hydroxylation is 1. The maximum Gasteiger partial charge on any atom is 0.316 e. The first kappa shape index (κ1) is 17.0. The fourth-order valence-electron chi connectivity index (χ4n) is 2.36. The molecule has 23 heavy (non-hydrogen) atoms. The lowest BCUT2D eigenvalue weighted by Crippen LogP contribution is -2.36. The van der Waals surface area contributed by atoms with Gasteiger partial charge in [0.1, 0.15) is 0 Å². The van der Waals surface area contributed by atoms with E-state index in [1.165, 1.54) is 4.57 Å². The summed E-state index contributed by atoms with van der Waals surface area (Å²) in [4.78, 5) is 38.1. The molecule has 0 bridgehead atoms. The van der Waals surface area contributed by atoms with Gasteiger partial charge >= 0.3 is 11.1 Å². The molecule has 0 unspecified atom stereocenters. The van der Waals surface area contributed by atoms with Gasteiger partial charge in [-0.25, -0.2) is 0 Å². The van der Waals surface area contributed by atoms with E-state index in [1.54, 1.807) is 25.1 Å². The average molecular weight is 319 g/mol. The Balaban J connectivity index is 2.20. The van der Waals surface area contributed by atoms with E-state index in [9.17, 15) is 14.4 Å². The number of fused-ring (bicyclic) bond motifs is 1. The molecule has 0 saturated heterocycles. The van der Waals surface area contributed by atoms with Crippen molar-refractivity contribution >= 4 is 16.9 Å². The SMILES string of the molecule is CCOCCCNC(=O)c1ccc2c(c1)[nH]c(=O)c(=O)n2CC. The second-order valence-corrected chi connectivity index (χ2v) is 5.04. The highest BCUT2D eigenvalue weighted by Crippen LogP contribution is 2.11. The molecule has 0 saturated carbocycles. The zero-order valence-electron chi connectivity index (χ0n) is 13.3. The van der Waals surface area contributed by atoms with Crippen LogP contribution in [-0.4, -0.2) is 35.2 Å². The number of carbonyl (C=O) groups excluding carboxylic acids is 1. The molecule has 2 rings (SSSR count). The summed E-state index contributed by atoms with van der Waals surface area (Å²) in [6.45, 7) is 5.88. The van der Waals surface area contributed by atoms with Crippen LogP contribution in [0.15, 0.2) is 27.8 Å². The van der Waals surface area contributed by atoms with Crippen molar-refractivity contribution in [2.75, 3.05) is 19.8 Å². The molecule has 0 aliphatic rings. The summed E-state index contributed by atoms with van der Waals surface area (Å²) in [5.41, 5.74) is 0.232. The predicted molar refractivity (Wildman–Crippen MR) is 87.9 cm³/mol. The Morgan fingerprint density at radius 1 is 1.30 bits per heavy atom. The zero-order chi connectivity index (χ0) is 16.8. The minimum atomic E-state index is -0.686. The van der Waals surface area contributed by atoms with E-state index in [1.807, 2.05) is 6.92 Å². The Kier molecular flexibility index (Phi) is 5.70. The van der Waals surface area contributed by atoms with E-state index in [4.69, 9.17) is 4.74 Å². The lowest BCUT2D eigenvalue weighted by atomic mass is 10.1. The van der Waals surface area contributed by atoms with Crippen molar-refractivity contribution in [3.8, 4) is 0 Å². The van der Waals surface area contributed by atoms with Gasteiger partial charge in [-0.3, -0.25) is 14.4 Å². The van der Waals surface area contributed by atoms with Gasteiger partial charge in [0.05, 0.1) is 11.0 Å². The van der Waals surface area contributed by atoms with Gasteiger partial charge in [0.15, 0.2) is 0 Å². The number of amides is 1. The normalized spacial score (nSPS) is 10.9. The van der Waals surface area contributed by atoms with E-state index < -0.39 is 11.1 Å². The molecule has 1 aromatic carbocycles. The Morgan fingerprint density at radius 3 is 2.78 bits per heavy atom. The maximum atomic E-state index is 12.1.